The van der Waals surface area contributed by atoms with Crippen LogP contribution in [-0.4, -0.2) is 13.3 Å². The van der Waals surface area contributed by atoms with Crippen molar-refractivity contribution in [3.8, 4) is 11.5 Å². The Morgan fingerprint density at radius 2 is 2.18 bits per heavy atom. The second-order valence-electron chi connectivity index (χ2n) is 4.62. The molecule has 3 rings (SSSR count). The highest BCUT2D eigenvalue weighted by molar-refractivity contribution is 6.32. The zero-order chi connectivity index (χ0) is 12.0. The van der Waals surface area contributed by atoms with E-state index in [4.69, 9.17) is 26.8 Å². The second-order valence-corrected chi connectivity index (χ2v) is 5.00. The quantitative estimate of drug-likeness (QED) is 0.886. The first kappa shape index (κ1) is 11.1. The minimum absolute atomic E-state index is 0.00900. The summed E-state index contributed by atoms with van der Waals surface area (Å²) in [6, 6.07) is 1.69. The molecule has 0 amide bonds. The lowest BCUT2D eigenvalue weighted by molar-refractivity contribution is 0.173. The molecule has 1 heterocycles. The second kappa shape index (κ2) is 3.75. The van der Waals surface area contributed by atoms with Crippen molar-refractivity contribution < 1.29 is 13.9 Å². The van der Waals surface area contributed by atoms with E-state index in [1.165, 1.54) is 0 Å². The van der Waals surface area contributed by atoms with Gasteiger partial charge in [0.15, 0.2) is 11.5 Å². The van der Waals surface area contributed by atoms with E-state index in [0.717, 1.165) is 19.3 Å². The van der Waals surface area contributed by atoms with E-state index in [0.29, 0.717) is 23.6 Å². The van der Waals surface area contributed by atoms with Crippen LogP contribution in [0.4, 0.5) is 4.39 Å². The van der Waals surface area contributed by atoms with Crippen LogP contribution in [0.5, 0.6) is 11.5 Å². The van der Waals surface area contributed by atoms with Crippen LogP contribution < -0.4 is 15.2 Å². The summed E-state index contributed by atoms with van der Waals surface area (Å²) in [5, 5.41) is 0.00900. The van der Waals surface area contributed by atoms with E-state index in [1.54, 1.807) is 6.07 Å². The van der Waals surface area contributed by atoms with Crippen LogP contribution in [0.2, 0.25) is 5.02 Å². The molecule has 0 bridgehead atoms. The highest BCUT2D eigenvalue weighted by Gasteiger charge is 2.41. The molecule has 2 aliphatic rings. The summed E-state index contributed by atoms with van der Waals surface area (Å²) < 4.78 is 24.6. The fraction of sp³-hybridized carbons (Fsp3) is 0.500. The maximum atomic E-state index is 14.2. The van der Waals surface area contributed by atoms with Crippen molar-refractivity contribution in [1.82, 2.24) is 0 Å². The molecular weight excluding hydrogens is 245 g/mol. The normalized spacial score (nSPS) is 20.2. The van der Waals surface area contributed by atoms with Gasteiger partial charge in [-0.2, -0.15) is 0 Å². The first-order valence-corrected chi connectivity index (χ1v) is 6.04. The van der Waals surface area contributed by atoms with Crippen molar-refractivity contribution in [2.45, 2.75) is 24.7 Å². The molecule has 0 unspecified atom stereocenters. The van der Waals surface area contributed by atoms with Crippen LogP contribution in [0.15, 0.2) is 6.07 Å². The maximum absolute atomic E-state index is 14.2. The molecule has 0 spiro atoms. The van der Waals surface area contributed by atoms with Gasteiger partial charge in [-0.1, -0.05) is 18.0 Å². The number of hydrogen-bond donors (Lipinski definition) is 1. The lowest BCUT2D eigenvalue weighted by Gasteiger charge is -2.41. The van der Waals surface area contributed by atoms with E-state index < -0.39 is 5.82 Å². The van der Waals surface area contributed by atoms with Gasteiger partial charge in [-0.3, -0.25) is 0 Å². The van der Waals surface area contributed by atoms with Crippen LogP contribution in [0.25, 0.3) is 0 Å². The minimum atomic E-state index is -0.416. The van der Waals surface area contributed by atoms with Gasteiger partial charge in [0.1, 0.15) is 10.8 Å². The zero-order valence-corrected chi connectivity index (χ0v) is 10.0. The van der Waals surface area contributed by atoms with Crippen molar-refractivity contribution in [2.75, 3.05) is 13.3 Å². The fourth-order valence-corrected chi connectivity index (χ4v) is 2.80. The Morgan fingerprint density at radius 1 is 1.41 bits per heavy atom. The average Bonchev–Trinajstić information content (AvgIpc) is 2.72. The molecule has 1 aromatic carbocycles. The summed E-state index contributed by atoms with van der Waals surface area (Å²) in [5.41, 5.74) is 6.08. The molecule has 2 N–H and O–H groups in total. The Hall–Kier alpha value is -1.00. The molecule has 0 radical (unpaired) electrons. The monoisotopic (exact) mass is 257 g/mol. The van der Waals surface area contributed by atoms with Gasteiger partial charge in [0, 0.05) is 17.5 Å². The van der Waals surface area contributed by atoms with Crippen molar-refractivity contribution in [3.05, 3.63) is 22.5 Å². The molecule has 1 fully saturated rings. The number of halogens is 2. The largest absolute Gasteiger partial charge is 0.454 e. The molecule has 0 aromatic heterocycles. The van der Waals surface area contributed by atoms with E-state index in [1.807, 2.05) is 0 Å². The van der Waals surface area contributed by atoms with Crippen molar-refractivity contribution >= 4 is 11.6 Å². The summed E-state index contributed by atoms with van der Waals surface area (Å²) in [6.07, 6.45) is 2.87. The van der Waals surface area contributed by atoms with Gasteiger partial charge in [-0.05, 0) is 18.9 Å². The van der Waals surface area contributed by atoms with Crippen LogP contribution in [0.1, 0.15) is 24.8 Å². The lowest BCUT2D eigenvalue weighted by atomic mass is 9.64. The number of benzene rings is 1. The predicted molar refractivity (Wildman–Crippen MR) is 62.1 cm³/mol. The lowest BCUT2D eigenvalue weighted by Crippen LogP contribution is -2.42. The fourth-order valence-electron chi connectivity index (χ4n) is 2.55. The summed E-state index contributed by atoms with van der Waals surface area (Å²) in [6.45, 7) is 0.521. The molecule has 1 aromatic rings. The third-order valence-electron chi connectivity index (χ3n) is 3.82. The highest BCUT2D eigenvalue weighted by Crippen LogP contribution is 2.50. The average molecular weight is 258 g/mol. The van der Waals surface area contributed by atoms with Gasteiger partial charge >= 0.3 is 0 Å². The SMILES string of the molecule is NCC1(c2cc3c(c(Cl)c2F)OCO3)CCC1. The molecule has 1 aliphatic heterocycles. The van der Waals surface area contributed by atoms with Gasteiger partial charge in [0.2, 0.25) is 6.79 Å². The van der Waals surface area contributed by atoms with Gasteiger partial charge in [0.05, 0.1) is 0 Å². The van der Waals surface area contributed by atoms with Gasteiger partial charge in [-0.15, -0.1) is 0 Å². The topological polar surface area (TPSA) is 44.5 Å². The van der Waals surface area contributed by atoms with Crippen LogP contribution in [-0.2, 0) is 5.41 Å². The van der Waals surface area contributed by atoms with E-state index in [-0.39, 0.29) is 17.2 Å². The predicted octanol–water partition coefficient (Wildman–Crippen LogP) is 2.59. The molecule has 1 saturated carbocycles. The first-order valence-electron chi connectivity index (χ1n) is 5.66. The Labute approximate surface area is 104 Å². The maximum Gasteiger partial charge on any atom is 0.231 e. The third-order valence-corrected chi connectivity index (χ3v) is 4.16. The van der Waals surface area contributed by atoms with E-state index in [2.05, 4.69) is 0 Å². The molecule has 5 heteroatoms. The molecule has 0 atom stereocenters. The Kier molecular flexibility index (Phi) is 2.45. The number of rotatable bonds is 2. The van der Waals surface area contributed by atoms with Gasteiger partial charge in [-0.25, -0.2) is 4.39 Å². The smallest absolute Gasteiger partial charge is 0.231 e. The van der Waals surface area contributed by atoms with E-state index in [9.17, 15) is 4.39 Å². The van der Waals surface area contributed by atoms with Gasteiger partial charge < -0.3 is 15.2 Å². The third kappa shape index (κ3) is 1.44. The summed E-state index contributed by atoms with van der Waals surface area (Å²) in [7, 11) is 0. The number of fused-ring (bicyclic) bond motifs is 1. The molecule has 17 heavy (non-hydrogen) atoms. The summed E-state index contributed by atoms with van der Waals surface area (Å²) in [5.74, 6) is 0.409. The van der Waals surface area contributed by atoms with Gasteiger partial charge in [0.25, 0.3) is 0 Å². The number of nitrogens with two attached hydrogens (primary N) is 1. The standard InChI is InChI=1S/C12H13ClFNO2/c13-9-10(14)7(12(5-15)2-1-3-12)4-8-11(9)17-6-16-8/h4H,1-3,5-6,15H2. The molecule has 0 saturated heterocycles. The van der Waals surface area contributed by atoms with Crippen LogP contribution in [0.3, 0.4) is 0 Å². The van der Waals surface area contributed by atoms with Crippen molar-refractivity contribution in [3.63, 3.8) is 0 Å². The van der Waals surface area contributed by atoms with E-state index >= 15 is 0 Å². The summed E-state index contributed by atoms with van der Waals surface area (Å²) in [4.78, 5) is 0. The van der Waals surface area contributed by atoms with Crippen LogP contribution in [0, 0.1) is 5.82 Å². The molecule has 3 nitrogen and oxygen atoms in total. The Balaban J connectivity index is 2.14. The first-order chi connectivity index (χ1) is 8.18. The van der Waals surface area contributed by atoms with Crippen molar-refractivity contribution in [1.29, 1.82) is 0 Å². The molecular formula is C12H13ClFNO2. The molecule has 92 valence electrons. The summed E-state index contributed by atoms with van der Waals surface area (Å²) >= 11 is 5.97. The highest BCUT2D eigenvalue weighted by atomic mass is 35.5. The Morgan fingerprint density at radius 3 is 2.76 bits per heavy atom. The zero-order valence-electron chi connectivity index (χ0n) is 9.26. The molecule has 1 aliphatic carbocycles. The minimum Gasteiger partial charge on any atom is -0.454 e. The number of ether oxygens (including phenoxy) is 2. The Bertz CT molecular complexity index is 469. The number of hydrogen-bond acceptors (Lipinski definition) is 3. The van der Waals surface area contributed by atoms with Crippen molar-refractivity contribution in [2.24, 2.45) is 5.73 Å². The van der Waals surface area contributed by atoms with Crippen LogP contribution >= 0.6 is 11.6 Å².